The van der Waals surface area contributed by atoms with Crippen LogP contribution in [0, 0.1) is 6.92 Å². The van der Waals surface area contributed by atoms with Crippen molar-refractivity contribution in [2.45, 2.75) is 20.3 Å². The molecule has 4 rings (SSSR count). The molecule has 8 heteroatoms. The first kappa shape index (κ1) is 23.4. The second kappa shape index (κ2) is 9.99. The molecule has 33 heavy (non-hydrogen) atoms. The van der Waals surface area contributed by atoms with Gasteiger partial charge in [-0.2, -0.15) is 4.31 Å². The van der Waals surface area contributed by atoms with Gasteiger partial charge < -0.3 is 4.90 Å². The Morgan fingerprint density at radius 3 is 2.33 bits per heavy atom. The first-order valence-electron chi connectivity index (χ1n) is 11.0. The van der Waals surface area contributed by atoms with Gasteiger partial charge in [-0.15, -0.1) is 11.3 Å². The van der Waals surface area contributed by atoms with Gasteiger partial charge in [0.1, 0.15) is 9.88 Å². The van der Waals surface area contributed by atoms with Gasteiger partial charge in [0.15, 0.2) is 0 Å². The standard InChI is InChI=1S/C25H27N3O3S2/c1-3-20-9-11-22(12-10-20)24-26-19(2)23(32-24)25(29)27-14-16-28(17-15-27)33(30,31)18-13-21-7-5-4-6-8-21/h4-13,18H,3,14-17H2,1-2H3/b18-13+. The largest absolute Gasteiger partial charge is 0.335 e. The lowest BCUT2D eigenvalue weighted by atomic mass is 10.1. The van der Waals surface area contributed by atoms with Crippen LogP contribution in [0.3, 0.4) is 0 Å². The van der Waals surface area contributed by atoms with Gasteiger partial charge in [0.2, 0.25) is 10.0 Å². The third-order valence-corrected chi connectivity index (χ3v) is 8.48. The van der Waals surface area contributed by atoms with Crippen molar-refractivity contribution in [2.75, 3.05) is 26.2 Å². The maximum Gasteiger partial charge on any atom is 0.265 e. The number of carbonyl (C=O) groups excluding carboxylic acids is 1. The topological polar surface area (TPSA) is 70.6 Å². The molecular weight excluding hydrogens is 454 g/mol. The number of hydrogen-bond acceptors (Lipinski definition) is 5. The molecule has 2 aromatic carbocycles. The summed E-state index contributed by atoms with van der Waals surface area (Å²) in [7, 11) is -3.54. The van der Waals surface area contributed by atoms with E-state index in [1.165, 1.54) is 26.6 Å². The van der Waals surface area contributed by atoms with E-state index >= 15 is 0 Å². The molecular formula is C25H27N3O3S2. The Morgan fingerprint density at radius 1 is 1.03 bits per heavy atom. The Morgan fingerprint density at radius 2 is 1.70 bits per heavy atom. The van der Waals surface area contributed by atoms with Gasteiger partial charge in [0.25, 0.3) is 5.91 Å². The average molecular weight is 482 g/mol. The SMILES string of the molecule is CCc1ccc(-c2nc(C)c(C(=O)N3CCN(S(=O)(=O)/C=C/c4ccccc4)CC3)s2)cc1. The Bertz CT molecular complexity index is 1240. The zero-order valence-electron chi connectivity index (χ0n) is 18.8. The fourth-order valence-corrected chi connectivity index (χ4v) is 5.92. The minimum absolute atomic E-state index is 0.0849. The molecule has 3 aromatic rings. The summed E-state index contributed by atoms with van der Waals surface area (Å²) in [5.41, 5.74) is 3.80. The molecule has 0 spiro atoms. The van der Waals surface area contributed by atoms with E-state index in [1.807, 2.05) is 49.4 Å². The fraction of sp³-hybridized carbons (Fsp3) is 0.280. The predicted molar refractivity (Wildman–Crippen MR) is 134 cm³/mol. The molecule has 0 saturated carbocycles. The summed E-state index contributed by atoms with van der Waals surface area (Å²) in [5, 5.41) is 2.06. The van der Waals surface area contributed by atoms with Gasteiger partial charge in [-0.1, -0.05) is 61.5 Å². The first-order valence-corrected chi connectivity index (χ1v) is 13.3. The van der Waals surface area contributed by atoms with E-state index < -0.39 is 10.0 Å². The van der Waals surface area contributed by atoms with Crippen molar-refractivity contribution in [1.82, 2.24) is 14.2 Å². The molecule has 0 N–H and O–H groups in total. The first-order chi connectivity index (χ1) is 15.9. The molecule has 6 nitrogen and oxygen atoms in total. The molecule has 1 saturated heterocycles. The zero-order chi connectivity index (χ0) is 23.4. The molecule has 0 atom stereocenters. The van der Waals surface area contributed by atoms with Crippen LogP contribution in [0.15, 0.2) is 60.0 Å². The number of aryl methyl sites for hydroxylation is 2. The third kappa shape index (κ3) is 5.40. The minimum Gasteiger partial charge on any atom is -0.335 e. The molecule has 2 heterocycles. The number of thiazole rings is 1. The highest BCUT2D eigenvalue weighted by atomic mass is 32.2. The normalized spacial score (nSPS) is 15.3. The number of nitrogens with zero attached hydrogens (tertiary/aromatic N) is 3. The summed E-state index contributed by atoms with van der Waals surface area (Å²) in [4.78, 5) is 20.1. The van der Waals surface area contributed by atoms with Crippen molar-refractivity contribution in [3.8, 4) is 10.6 Å². The minimum atomic E-state index is -3.54. The Labute approximate surface area is 199 Å². The third-order valence-electron chi connectivity index (χ3n) is 5.72. The van der Waals surface area contributed by atoms with E-state index in [0.717, 1.165) is 22.6 Å². The van der Waals surface area contributed by atoms with Crippen LogP contribution in [0.5, 0.6) is 0 Å². The number of benzene rings is 2. The maximum atomic E-state index is 13.1. The van der Waals surface area contributed by atoms with E-state index in [2.05, 4.69) is 24.0 Å². The molecule has 1 aliphatic heterocycles. The number of amides is 1. The Hall–Kier alpha value is -2.81. The van der Waals surface area contributed by atoms with E-state index in [9.17, 15) is 13.2 Å². The Balaban J connectivity index is 1.41. The lowest BCUT2D eigenvalue weighted by Gasteiger charge is -2.33. The molecule has 0 unspecified atom stereocenters. The maximum absolute atomic E-state index is 13.1. The lowest BCUT2D eigenvalue weighted by molar-refractivity contribution is 0.0702. The van der Waals surface area contributed by atoms with Crippen molar-refractivity contribution in [3.63, 3.8) is 0 Å². The summed E-state index contributed by atoms with van der Waals surface area (Å²) in [6.07, 6.45) is 2.58. The number of aromatic nitrogens is 1. The van der Waals surface area contributed by atoms with Gasteiger partial charge in [0, 0.05) is 37.2 Å². The second-order valence-electron chi connectivity index (χ2n) is 7.93. The second-order valence-corrected chi connectivity index (χ2v) is 10.8. The summed E-state index contributed by atoms with van der Waals surface area (Å²) < 4.78 is 26.8. The van der Waals surface area contributed by atoms with Crippen LogP contribution in [0.25, 0.3) is 16.6 Å². The van der Waals surface area contributed by atoms with E-state index in [-0.39, 0.29) is 19.0 Å². The number of hydrogen-bond donors (Lipinski definition) is 0. The van der Waals surface area contributed by atoms with Gasteiger partial charge in [0.05, 0.1) is 5.69 Å². The van der Waals surface area contributed by atoms with Crippen molar-refractivity contribution < 1.29 is 13.2 Å². The fourth-order valence-electron chi connectivity index (χ4n) is 3.71. The van der Waals surface area contributed by atoms with Crippen LogP contribution < -0.4 is 0 Å². The molecule has 0 radical (unpaired) electrons. The molecule has 0 bridgehead atoms. The summed E-state index contributed by atoms with van der Waals surface area (Å²) in [6, 6.07) is 17.6. The molecule has 1 aliphatic rings. The quantitative estimate of drug-likeness (QED) is 0.522. The number of piperazine rings is 1. The lowest BCUT2D eigenvalue weighted by Crippen LogP contribution is -2.50. The monoisotopic (exact) mass is 481 g/mol. The van der Waals surface area contributed by atoms with Crippen LogP contribution in [0.2, 0.25) is 0 Å². The van der Waals surface area contributed by atoms with Gasteiger partial charge >= 0.3 is 0 Å². The number of sulfonamides is 1. The van der Waals surface area contributed by atoms with E-state index in [4.69, 9.17) is 0 Å². The van der Waals surface area contributed by atoms with Crippen molar-refractivity contribution in [1.29, 1.82) is 0 Å². The van der Waals surface area contributed by atoms with Gasteiger partial charge in [-0.25, -0.2) is 13.4 Å². The van der Waals surface area contributed by atoms with Crippen LogP contribution >= 0.6 is 11.3 Å². The summed E-state index contributed by atoms with van der Waals surface area (Å²) in [6.45, 7) is 5.23. The number of carbonyl (C=O) groups is 1. The summed E-state index contributed by atoms with van der Waals surface area (Å²) in [5.74, 6) is -0.0849. The molecule has 1 amide bonds. The van der Waals surface area contributed by atoms with Crippen LogP contribution in [0.4, 0.5) is 0 Å². The van der Waals surface area contributed by atoms with Gasteiger partial charge in [-0.05, 0) is 30.5 Å². The van der Waals surface area contributed by atoms with Crippen molar-refractivity contribution in [2.24, 2.45) is 0 Å². The predicted octanol–water partition coefficient (Wildman–Crippen LogP) is 4.44. The zero-order valence-corrected chi connectivity index (χ0v) is 20.4. The highest BCUT2D eigenvalue weighted by molar-refractivity contribution is 7.92. The van der Waals surface area contributed by atoms with Crippen LogP contribution in [0.1, 0.15) is 33.4 Å². The highest BCUT2D eigenvalue weighted by Crippen LogP contribution is 2.29. The average Bonchev–Trinajstić information content (AvgIpc) is 3.24. The highest BCUT2D eigenvalue weighted by Gasteiger charge is 2.29. The van der Waals surface area contributed by atoms with Crippen LogP contribution in [-0.4, -0.2) is 54.7 Å². The molecule has 1 fully saturated rings. The van der Waals surface area contributed by atoms with Crippen molar-refractivity contribution >= 4 is 33.3 Å². The van der Waals surface area contributed by atoms with E-state index in [0.29, 0.717) is 23.7 Å². The summed E-state index contributed by atoms with van der Waals surface area (Å²) >= 11 is 1.39. The molecule has 0 aliphatic carbocycles. The van der Waals surface area contributed by atoms with Crippen molar-refractivity contribution in [3.05, 3.63) is 81.7 Å². The van der Waals surface area contributed by atoms with Crippen LogP contribution in [-0.2, 0) is 16.4 Å². The number of rotatable bonds is 6. The smallest absolute Gasteiger partial charge is 0.265 e. The Kier molecular flexibility index (Phi) is 7.07. The van der Waals surface area contributed by atoms with Gasteiger partial charge in [-0.3, -0.25) is 4.79 Å². The van der Waals surface area contributed by atoms with E-state index in [1.54, 1.807) is 11.0 Å². The molecule has 1 aromatic heterocycles. The molecule has 172 valence electrons.